The van der Waals surface area contributed by atoms with Crippen LogP contribution in [0.4, 0.5) is 23.4 Å². The first-order valence-electron chi connectivity index (χ1n) is 4.83. The summed E-state index contributed by atoms with van der Waals surface area (Å²) in [5.41, 5.74) is 0.494. The van der Waals surface area contributed by atoms with Gasteiger partial charge in [0, 0.05) is 5.39 Å². The number of fused-ring (bicyclic) bond motifs is 1. The molecule has 1 aromatic carbocycles. The number of aromatic amines is 1. The molecule has 0 atom stereocenters. The molecule has 8 heteroatoms. The SMILES string of the molecule is O=C(Nc1n[nH]c2ccccc12)C(F)(F)C(F)F. The van der Waals surface area contributed by atoms with E-state index in [-0.39, 0.29) is 5.82 Å². The van der Waals surface area contributed by atoms with E-state index in [9.17, 15) is 22.4 Å². The van der Waals surface area contributed by atoms with Crippen LogP contribution < -0.4 is 5.32 Å². The van der Waals surface area contributed by atoms with Gasteiger partial charge in [-0.15, -0.1) is 0 Å². The third-order valence-corrected chi connectivity index (χ3v) is 2.28. The Bertz CT molecular complexity index is 581. The van der Waals surface area contributed by atoms with E-state index in [1.165, 1.54) is 6.07 Å². The molecule has 0 radical (unpaired) electrons. The van der Waals surface area contributed by atoms with Crippen molar-refractivity contribution in [2.45, 2.75) is 12.3 Å². The number of amides is 1. The fraction of sp³-hybridized carbons (Fsp3) is 0.200. The summed E-state index contributed by atoms with van der Waals surface area (Å²) in [6.45, 7) is 0. The predicted octanol–water partition coefficient (Wildman–Crippen LogP) is 2.40. The second-order valence-electron chi connectivity index (χ2n) is 3.50. The van der Waals surface area contributed by atoms with Gasteiger partial charge in [0.05, 0.1) is 5.52 Å². The molecule has 2 N–H and O–H groups in total. The summed E-state index contributed by atoms with van der Waals surface area (Å²) in [4.78, 5) is 11.0. The molecule has 2 rings (SSSR count). The maximum atomic E-state index is 12.7. The average molecular weight is 261 g/mol. The van der Waals surface area contributed by atoms with Gasteiger partial charge >= 0.3 is 18.3 Å². The number of carbonyl (C=O) groups excluding carboxylic acids is 1. The van der Waals surface area contributed by atoms with Crippen molar-refractivity contribution >= 4 is 22.6 Å². The zero-order valence-corrected chi connectivity index (χ0v) is 8.75. The molecule has 0 saturated heterocycles. The molecule has 0 aliphatic heterocycles. The number of H-pyrrole nitrogens is 1. The van der Waals surface area contributed by atoms with Crippen molar-refractivity contribution in [1.82, 2.24) is 10.2 Å². The van der Waals surface area contributed by atoms with Gasteiger partial charge in [0.2, 0.25) is 0 Å². The van der Waals surface area contributed by atoms with Gasteiger partial charge < -0.3 is 5.32 Å². The van der Waals surface area contributed by atoms with Crippen LogP contribution in [-0.2, 0) is 4.79 Å². The van der Waals surface area contributed by atoms with Crippen molar-refractivity contribution in [3.05, 3.63) is 24.3 Å². The minimum Gasteiger partial charge on any atom is -0.303 e. The molecule has 0 spiro atoms. The van der Waals surface area contributed by atoms with Crippen molar-refractivity contribution in [2.75, 3.05) is 5.32 Å². The number of benzene rings is 1. The van der Waals surface area contributed by atoms with Crippen molar-refractivity contribution in [3.8, 4) is 0 Å². The summed E-state index contributed by atoms with van der Waals surface area (Å²) in [6, 6.07) is 6.37. The Morgan fingerprint density at radius 1 is 1.33 bits per heavy atom. The number of hydrogen-bond acceptors (Lipinski definition) is 2. The maximum Gasteiger partial charge on any atom is 0.383 e. The van der Waals surface area contributed by atoms with E-state index in [0.717, 1.165) is 0 Å². The summed E-state index contributed by atoms with van der Waals surface area (Å²) < 4.78 is 49.4. The van der Waals surface area contributed by atoms with Crippen LogP contribution in [-0.4, -0.2) is 28.5 Å². The maximum absolute atomic E-state index is 12.7. The lowest BCUT2D eigenvalue weighted by Gasteiger charge is -2.13. The number of halogens is 4. The summed E-state index contributed by atoms with van der Waals surface area (Å²) >= 11 is 0. The molecule has 4 nitrogen and oxygen atoms in total. The third kappa shape index (κ3) is 2.01. The van der Waals surface area contributed by atoms with Crippen LogP contribution >= 0.6 is 0 Å². The molecule has 0 aliphatic rings. The lowest BCUT2D eigenvalue weighted by molar-refractivity contribution is -0.163. The number of rotatable bonds is 3. The molecule has 96 valence electrons. The average Bonchev–Trinajstić information content (AvgIpc) is 2.72. The third-order valence-electron chi connectivity index (χ3n) is 2.28. The summed E-state index contributed by atoms with van der Waals surface area (Å²) in [5, 5.41) is 8.08. The topological polar surface area (TPSA) is 57.8 Å². The van der Waals surface area contributed by atoms with Crippen LogP contribution in [0.1, 0.15) is 0 Å². The fourth-order valence-electron chi connectivity index (χ4n) is 1.35. The Labute approximate surface area is 98.0 Å². The zero-order chi connectivity index (χ0) is 13.3. The van der Waals surface area contributed by atoms with Gasteiger partial charge in [-0.2, -0.15) is 13.9 Å². The molecule has 0 saturated carbocycles. The van der Waals surface area contributed by atoms with E-state index in [2.05, 4.69) is 10.2 Å². The largest absolute Gasteiger partial charge is 0.383 e. The van der Waals surface area contributed by atoms with E-state index in [1.807, 2.05) is 0 Å². The second-order valence-corrected chi connectivity index (χ2v) is 3.50. The number of aromatic nitrogens is 2. The van der Waals surface area contributed by atoms with Crippen LogP contribution in [0.15, 0.2) is 24.3 Å². The minimum absolute atomic E-state index is 0.212. The molecular formula is C10H7F4N3O. The molecular weight excluding hydrogens is 254 g/mol. The number of nitrogens with zero attached hydrogens (tertiary/aromatic N) is 1. The fourth-order valence-corrected chi connectivity index (χ4v) is 1.35. The highest BCUT2D eigenvalue weighted by molar-refractivity contribution is 6.02. The Balaban J connectivity index is 2.27. The molecule has 0 fully saturated rings. The minimum atomic E-state index is -4.75. The Kier molecular flexibility index (Phi) is 2.93. The van der Waals surface area contributed by atoms with E-state index in [1.54, 1.807) is 23.5 Å². The number of nitrogens with one attached hydrogen (secondary N) is 2. The first-order valence-corrected chi connectivity index (χ1v) is 4.83. The highest BCUT2D eigenvalue weighted by Gasteiger charge is 2.49. The molecule has 1 heterocycles. The van der Waals surface area contributed by atoms with Crippen molar-refractivity contribution < 1.29 is 22.4 Å². The van der Waals surface area contributed by atoms with Gasteiger partial charge in [-0.25, -0.2) is 8.78 Å². The summed E-state index contributed by atoms with van der Waals surface area (Å²) in [5.74, 6) is -7.05. The summed E-state index contributed by atoms with van der Waals surface area (Å²) in [7, 11) is 0. The lowest BCUT2D eigenvalue weighted by Crippen LogP contribution is -2.41. The molecule has 18 heavy (non-hydrogen) atoms. The number of alkyl halides is 4. The van der Waals surface area contributed by atoms with Gasteiger partial charge in [0.1, 0.15) is 0 Å². The van der Waals surface area contributed by atoms with Crippen molar-refractivity contribution in [3.63, 3.8) is 0 Å². The molecule has 0 aliphatic carbocycles. The smallest absolute Gasteiger partial charge is 0.303 e. The quantitative estimate of drug-likeness (QED) is 0.833. The Morgan fingerprint density at radius 2 is 2.00 bits per heavy atom. The van der Waals surface area contributed by atoms with Gasteiger partial charge in [0.15, 0.2) is 5.82 Å². The number of para-hydroxylation sites is 1. The number of hydrogen-bond donors (Lipinski definition) is 2. The zero-order valence-electron chi connectivity index (χ0n) is 8.75. The van der Waals surface area contributed by atoms with E-state index >= 15 is 0 Å². The van der Waals surface area contributed by atoms with Crippen LogP contribution in [0.3, 0.4) is 0 Å². The predicted molar refractivity (Wildman–Crippen MR) is 55.7 cm³/mol. The van der Waals surface area contributed by atoms with Gasteiger partial charge in [-0.3, -0.25) is 9.89 Å². The molecule has 1 aromatic heterocycles. The monoisotopic (exact) mass is 261 g/mol. The number of anilines is 1. The first-order chi connectivity index (χ1) is 8.43. The van der Waals surface area contributed by atoms with Crippen molar-refractivity contribution in [2.24, 2.45) is 0 Å². The molecule has 0 bridgehead atoms. The lowest BCUT2D eigenvalue weighted by atomic mass is 10.2. The van der Waals surface area contributed by atoms with Gasteiger partial charge in [-0.05, 0) is 12.1 Å². The van der Waals surface area contributed by atoms with Crippen LogP contribution in [0.5, 0.6) is 0 Å². The Hall–Kier alpha value is -2.12. The molecule has 2 aromatic rings. The molecule has 0 unspecified atom stereocenters. The van der Waals surface area contributed by atoms with Crippen LogP contribution in [0.25, 0.3) is 10.9 Å². The van der Waals surface area contributed by atoms with Crippen LogP contribution in [0.2, 0.25) is 0 Å². The first kappa shape index (κ1) is 12.3. The molecule has 1 amide bonds. The highest BCUT2D eigenvalue weighted by Crippen LogP contribution is 2.26. The Morgan fingerprint density at radius 3 is 2.67 bits per heavy atom. The van der Waals surface area contributed by atoms with Crippen LogP contribution in [0, 0.1) is 0 Å². The standard InChI is InChI=1S/C10H7F4N3O/c11-8(12)10(13,14)9(18)15-7-5-3-1-2-4-6(5)16-17-7/h1-4,8H,(H2,15,16,17,18). The van der Waals surface area contributed by atoms with Crippen molar-refractivity contribution in [1.29, 1.82) is 0 Å². The van der Waals surface area contributed by atoms with E-state index in [4.69, 9.17) is 0 Å². The highest BCUT2D eigenvalue weighted by atomic mass is 19.3. The van der Waals surface area contributed by atoms with Gasteiger partial charge in [0.25, 0.3) is 0 Å². The second kappa shape index (κ2) is 4.28. The normalized spacial score (nSPS) is 12.1. The number of carbonyl (C=O) groups is 1. The van der Waals surface area contributed by atoms with E-state index < -0.39 is 18.3 Å². The van der Waals surface area contributed by atoms with E-state index in [0.29, 0.717) is 10.9 Å². The van der Waals surface area contributed by atoms with Gasteiger partial charge in [-0.1, -0.05) is 12.1 Å². The summed E-state index contributed by atoms with van der Waals surface area (Å²) in [6.07, 6.45) is -4.07.